The number of nitrogens with one attached hydrogen (secondary N) is 1. The molecule has 4 rings (SSSR count). The first-order valence-electron chi connectivity index (χ1n) is 11.2. The highest BCUT2D eigenvalue weighted by atomic mass is 35.5. The molecule has 3 aliphatic heterocycles. The topological polar surface area (TPSA) is 55.9 Å². The number of halogens is 2. The monoisotopic (exact) mass is 470 g/mol. The van der Waals surface area contributed by atoms with Crippen LogP contribution >= 0.6 is 24.8 Å². The van der Waals surface area contributed by atoms with Gasteiger partial charge in [-0.05, 0) is 49.8 Å². The minimum Gasteiger partial charge on any atom is -0.342 e. The van der Waals surface area contributed by atoms with Gasteiger partial charge in [-0.15, -0.1) is 24.8 Å². The van der Waals surface area contributed by atoms with Crippen molar-refractivity contribution in [3.8, 4) is 0 Å². The van der Waals surface area contributed by atoms with Crippen LogP contribution in [0.5, 0.6) is 0 Å². The quantitative estimate of drug-likeness (QED) is 0.716. The number of hydrogen-bond donors (Lipinski definition) is 1. The lowest BCUT2D eigenvalue weighted by molar-refractivity contribution is -0.139. The number of hydrogen-bond acceptors (Lipinski definition) is 4. The van der Waals surface area contributed by atoms with Crippen molar-refractivity contribution in [3.63, 3.8) is 0 Å². The highest BCUT2D eigenvalue weighted by molar-refractivity contribution is 5.85. The van der Waals surface area contributed by atoms with E-state index in [4.69, 9.17) is 0 Å². The SMILES string of the molecule is Cl.Cl.O=C(CN1CCC2(CCC(=O)N(CCc3ccccc3)C2)CC1)N1CCNCC1. The Balaban J connectivity index is 0.00000171. The van der Waals surface area contributed by atoms with E-state index < -0.39 is 0 Å². The van der Waals surface area contributed by atoms with Gasteiger partial charge >= 0.3 is 0 Å². The number of piperidine rings is 2. The van der Waals surface area contributed by atoms with Crippen molar-refractivity contribution in [2.24, 2.45) is 5.41 Å². The van der Waals surface area contributed by atoms with E-state index in [-0.39, 0.29) is 36.1 Å². The molecule has 3 fully saturated rings. The van der Waals surface area contributed by atoms with Crippen molar-refractivity contribution in [2.45, 2.75) is 32.1 Å². The van der Waals surface area contributed by atoms with Gasteiger partial charge in [0, 0.05) is 45.7 Å². The lowest BCUT2D eigenvalue weighted by atomic mass is 9.72. The summed E-state index contributed by atoms with van der Waals surface area (Å²) in [6.45, 7) is 7.66. The molecule has 0 atom stereocenters. The normalized spacial score (nSPS) is 21.4. The predicted octanol–water partition coefficient (Wildman–Crippen LogP) is 2.21. The van der Waals surface area contributed by atoms with Gasteiger partial charge in [0.1, 0.15) is 0 Å². The van der Waals surface area contributed by atoms with Gasteiger partial charge in [0.05, 0.1) is 6.54 Å². The second-order valence-corrected chi connectivity index (χ2v) is 8.96. The molecule has 3 saturated heterocycles. The number of nitrogens with zero attached hydrogens (tertiary/aromatic N) is 3. The summed E-state index contributed by atoms with van der Waals surface area (Å²) < 4.78 is 0. The molecule has 31 heavy (non-hydrogen) atoms. The van der Waals surface area contributed by atoms with Crippen LogP contribution in [0, 0.1) is 5.41 Å². The fourth-order valence-corrected chi connectivity index (χ4v) is 5.01. The standard InChI is InChI=1S/C23H34N4O2.2ClH/c28-21-6-8-23(19-27(21)13-7-20-4-2-1-3-5-20)9-14-25(15-10-23)18-22(29)26-16-11-24-12-17-26;;/h1-5,24H,6-19H2;2*1H. The molecule has 174 valence electrons. The molecule has 1 N–H and O–H groups in total. The lowest BCUT2D eigenvalue weighted by Crippen LogP contribution is -2.54. The average Bonchev–Trinajstić information content (AvgIpc) is 2.77. The van der Waals surface area contributed by atoms with E-state index in [1.54, 1.807) is 0 Å². The Labute approximate surface area is 198 Å². The summed E-state index contributed by atoms with van der Waals surface area (Å²) in [6, 6.07) is 10.4. The zero-order valence-corrected chi connectivity index (χ0v) is 19.9. The van der Waals surface area contributed by atoms with E-state index in [9.17, 15) is 9.59 Å². The number of amides is 2. The molecule has 6 nitrogen and oxygen atoms in total. The number of piperazine rings is 1. The maximum absolute atomic E-state index is 12.6. The summed E-state index contributed by atoms with van der Waals surface area (Å²) in [6.07, 6.45) is 4.80. The molecule has 1 aromatic carbocycles. The highest BCUT2D eigenvalue weighted by Crippen LogP contribution is 2.40. The molecule has 0 saturated carbocycles. The first kappa shape index (κ1) is 25.9. The first-order valence-corrected chi connectivity index (χ1v) is 11.2. The first-order chi connectivity index (χ1) is 14.1. The highest BCUT2D eigenvalue weighted by Gasteiger charge is 2.41. The van der Waals surface area contributed by atoms with Crippen LogP contribution in [0.1, 0.15) is 31.2 Å². The van der Waals surface area contributed by atoms with E-state index >= 15 is 0 Å². The third kappa shape index (κ3) is 6.82. The van der Waals surface area contributed by atoms with Gasteiger partial charge in [-0.25, -0.2) is 0 Å². The fourth-order valence-electron chi connectivity index (χ4n) is 5.01. The molecule has 0 bridgehead atoms. The molecule has 8 heteroatoms. The Kier molecular flexibility index (Phi) is 10.1. The van der Waals surface area contributed by atoms with Crippen molar-refractivity contribution in [2.75, 3.05) is 58.9 Å². The summed E-state index contributed by atoms with van der Waals surface area (Å²) >= 11 is 0. The van der Waals surface area contributed by atoms with Crippen LogP contribution in [0.2, 0.25) is 0 Å². The summed E-state index contributed by atoms with van der Waals surface area (Å²) in [4.78, 5) is 31.4. The Morgan fingerprint density at radius 2 is 1.65 bits per heavy atom. The summed E-state index contributed by atoms with van der Waals surface area (Å²) in [7, 11) is 0. The second-order valence-electron chi connectivity index (χ2n) is 8.96. The zero-order chi connectivity index (χ0) is 20.1. The number of rotatable bonds is 5. The van der Waals surface area contributed by atoms with E-state index in [0.717, 1.165) is 78.0 Å². The Morgan fingerprint density at radius 1 is 0.968 bits per heavy atom. The maximum atomic E-state index is 12.6. The maximum Gasteiger partial charge on any atom is 0.236 e. The van der Waals surface area contributed by atoms with Crippen molar-refractivity contribution < 1.29 is 9.59 Å². The minimum absolute atomic E-state index is 0. The fraction of sp³-hybridized carbons (Fsp3) is 0.652. The molecule has 1 aromatic rings. The zero-order valence-electron chi connectivity index (χ0n) is 18.3. The van der Waals surface area contributed by atoms with E-state index in [2.05, 4.69) is 39.4 Å². The van der Waals surface area contributed by atoms with Crippen molar-refractivity contribution >= 4 is 36.6 Å². The summed E-state index contributed by atoms with van der Waals surface area (Å²) in [5.74, 6) is 0.577. The average molecular weight is 471 g/mol. The molecule has 1 spiro atoms. The number of likely N-dealkylation sites (tertiary alicyclic amines) is 2. The summed E-state index contributed by atoms with van der Waals surface area (Å²) in [5, 5.41) is 3.30. The smallest absolute Gasteiger partial charge is 0.236 e. The molecular weight excluding hydrogens is 435 g/mol. The van der Waals surface area contributed by atoms with Crippen LogP contribution in [0.25, 0.3) is 0 Å². The van der Waals surface area contributed by atoms with Crippen LogP contribution in [-0.4, -0.2) is 85.4 Å². The van der Waals surface area contributed by atoms with Crippen molar-refractivity contribution in [1.82, 2.24) is 20.0 Å². The number of carbonyl (C=O) groups excluding carboxylic acids is 2. The summed E-state index contributed by atoms with van der Waals surface area (Å²) in [5.41, 5.74) is 1.54. The molecule has 0 aromatic heterocycles. The Hall–Kier alpha value is -1.34. The lowest BCUT2D eigenvalue weighted by Gasteiger charge is -2.47. The molecule has 3 aliphatic rings. The van der Waals surface area contributed by atoms with Gasteiger partial charge < -0.3 is 15.1 Å². The van der Waals surface area contributed by atoms with Gasteiger partial charge in [0.2, 0.25) is 11.8 Å². The minimum atomic E-state index is 0. The molecular formula is C23H36Cl2N4O2. The number of carbonyl (C=O) groups is 2. The molecule has 3 heterocycles. The van der Waals surface area contributed by atoms with Crippen LogP contribution in [0.15, 0.2) is 30.3 Å². The Bertz CT molecular complexity index is 705. The molecule has 0 aliphatic carbocycles. The van der Waals surface area contributed by atoms with Gasteiger partial charge in [-0.1, -0.05) is 30.3 Å². The van der Waals surface area contributed by atoms with Crippen molar-refractivity contribution in [3.05, 3.63) is 35.9 Å². The predicted molar refractivity (Wildman–Crippen MR) is 128 cm³/mol. The van der Waals surface area contributed by atoms with Crippen LogP contribution < -0.4 is 5.32 Å². The van der Waals surface area contributed by atoms with Crippen LogP contribution in [0.4, 0.5) is 0 Å². The van der Waals surface area contributed by atoms with Crippen LogP contribution in [0.3, 0.4) is 0 Å². The largest absolute Gasteiger partial charge is 0.342 e. The van der Waals surface area contributed by atoms with Gasteiger partial charge in [0.25, 0.3) is 0 Å². The molecule has 0 unspecified atom stereocenters. The van der Waals surface area contributed by atoms with E-state index in [1.807, 2.05) is 11.0 Å². The second kappa shape index (κ2) is 12.0. The van der Waals surface area contributed by atoms with Gasteiger partial charge in [-0.2, -0.15) is 0 Å². The third-order valence-electron chi connectivity index (χ3n) is 7.01. The number of benzene rings is 1. The van der Waals surface area contributed by atoms with E-state index in [1.165, 1.54) is 5.56 Å². The third-order valence-corrected chi connectivity index (χ3v) is 7.01. The van der Waals surface area contributed by atoms with E-state index in [0.29, 0.717) is 18.9 Å². The van der Waals surface area contributed by atoms with Crippen LogP contribution in [-0.2, 0) is 16.0 Å². The van der Waals surface area contributed by atoms with Gasteiger partial charge in [-0.3, -0.25) is 14.5 Å². The Morgan fingerprint density at radius 3 is 2.32 bits per heavy atom. The molecule has 0 radical (unpaired) electrons. The van der Waals surface area contributed by atoms with Crippen molar-refractivity contribution in [1.29, 1.82) is 0 Å². The van der Waals surface area contributed by atoms with Gasteiger partial charge in [0.15, 0.2) is 0 Å². The molecule has 2 amide bonds.